The van der Waals surface area contributed by atoms with Crippen LogP contribution in [0.25, 0.3) is 21.7 Å². The topological polar surface area (TPSA) is 122 Å². The first-order valence-electron chi connectivity index (χ1n) is 9.26. The Kier molecular flexibility index (Phi) is 4.92. The van der Waals surface area contributed by atoms with Crippen LogP contribution in [0.3, 0.4) is 0 Å². The number of benzene rings is 2. The van der Waals surface area contributed by atoms with E-state index in [1.165, 1.54) is 6.26 Å². The largest absolute Gasteiger partial charge is 0.507 e. The minimum atomic E-state index is -1.12. The van der Waals surface area contributed by atoms with E-state index in [1.54, 1.807) is 12.4 Å². The number of nitrogens with two attached hydrogens (primary N) is 1. The van der Waals surface area contributed by atoms with Crippen LogP contribution in [0.2, 0.25) is 0 Å². The van der Waals surface area contributed by atoms with Crippen molar-refractivity contribution in [3.63, 3.8) is 0 Å². The molecule has 5 N–H and O–H groups in total. The molecular formula is C22H21N3O4. The Bertz CT molecular complexity index is 1200. The first-order valence-corrected chi connectivity index (χ1v) is 9.26. The van der Waals surface area contributed by atoms with Crippen molar-refractivity contribution in [3.8, 4) is 5.75 Å². The number of aromatic carboxylic acids is 1. The number of aromatic nitrogens is 1. The quantitative estimate of drug-likeness (QED) is 0.398. The predicted molar refractivity (Wildman–Crippen MR) is 110 cm³/mol. The smallest absolute Gasteiger partial charge is 0.339 e. The molecule has 0 aliphatic rings. The molecule has 4 rings (SSSR count). The highest BCUT2D eigenvalue weighted by molar-refractivity contribution is 6.15. The molecule has 4 aromatic rings. The minimum absolute atomic E-state index is 0.00128. The van der Waals surface area contributed by atoms with Gasteiger partial charge in [-0.25, -0.2) is 4.79 Å². The summed E-state index contributed by atoms with van der Waals surface area (Å²) in [5, 5.41) is 26.0. The zero-order chi connectivity index (χ0) is 20.5. The molecule has 0 spiro atoms. The molecule has 0 aliphatic heterocycles. The van der Waals surface area contributed by atoms with Crippen molar-refractivity contribution in [1.29, 1.82) is 0 Å². The first-order chi connectivity index (χ1) is 14.0. The third-order valence-electron chi connectivity index (χ3n) is 5.04. The van der Waals surface area contributed by atoms with Gasteiger partial charge >= 0.3 is 5.97 Å². The van der Waals surface area contributed by atoms with Crippen LogP contribution >= 0.6 is 0 Å². The third-order valence-corrected chi connectivity index (χ3v) is 5.04. The number of carboxylic acid groups (broad SMARTS) is 1. The summed E-state index contributed by atoms with van der Waals surface area (Å²) >= 11 is 0. The number of phenolic OH excluding ortho intramolecular Hbond substituents is 1. The van der Waals surface area contributed by atoms with Crippen molar-refractivity contribution < 1.29 is 19.4 Å². The van der Waals surface area contributed by atoms with Crippen molar-refractivity contribution in [2.45, 2.75) is 13.0 Å². The maximum absolute atomic E-state index is 11.9. The zero-order valence-electron chi connectivity index (χ0n) is 15.8. The van der Waals surface area contributed by atoms with E-state index in [0.717, 1.165) is 11.1 Å². The number of nitrogens with one attached hydrogen (secondary N) is 1. The fraction of sp³-hybridized carbons (Fsp3) is 0.182. The Hall–Kier alpha value is -3.42. The molecule has 0 saturated heterocycles. The maximum Gasteiger partial charge on any atom is 0.339 e. The summed E-state index contributed by atoms with van der Waals surface area (Å²) < 4.78 is 5.69. The average Bonchev–Trinajstić information content (AvgIpc) is 3.16. The highest BCUT2D eigenvalue weighted by atomic mass is 16.4. The average molecular weight is 391 g/mol. The fourth-order valence-electron chi connectivity index (χ4n) is 3.75. The van der Waals surface area contributed by atoms with Gasteiger partial charge in [0.1, 0.15) is 23.2 Å². The first kappa shape index (κ1) is 18.9. The Morgan fingerprint density at radius 2 is 2.00 bits per heavy atom. The number of carbonyl (C=O) groups is 1. The van der Waals surface area contributed by atoms with Gasteiger partial charge < -0.3 is 25.7 Å². The molecule has 0 fully saturated rings. The summed E-state index contributed by atoms with van der Waals surface area (Å²) in [5.41, 5.74) is 8.38. The van der Waals surface area contributed by atoms with Crippen LogP contribution in [-0.2, 0) is 0 Å². The summed E-state index contributed by atoms with van der Waals surface area (Å²) in [4.78, 5) is 16.0. The van der Waals surface area contributed by atoms with Crippen LogP contribution in [0.5, 0.6) is 5.75 Å². The number of hydrogen-bond acceptors (Lipinski definition) is 6. The highest BCUT2D eigenvalue weighted by Gasteiger charge is 2.28. The van der Waals surface area contributed by atoms with Crippen molar-refractivity contribution in [1.82, 2.24) is 10.3 Å². The molecule has 0 saturated carbocycles. The maximum atomic E-state index is 11.9. The van der Waals surface area contributed by atoms with E-state index in [9.17, 15) is 15.0 Å². The minimum Gasteiger partial charge on any atom is -0.507 e. The molecule has 1 unspecified atom stereocenters. The van der Waals surface area contributed by atoms with E-state index >= 15 is 0 Å². The van der Waals surface area contributed by atoms with Gasteiger partial charge in [-0.2, -0.15) is 0 Å². The van der Waals surface area contributed by atoms with Gasteiger partial charge in [0.2, 0.25) is 0 Å². The van der Waals surface area contributed by atoms with E-state index in [4.69, 9.17) is 10.2 Å². The summed E-state index contributed by atoms with van der Waals surface area (Å²) in [6.07, 6.45) is 4.53. The lowest BCUT2D eigenvalue weighted by atomic mass is 9.90. The van der Waals surface area contributed by atoms with Crippen LogP contribution in [0, 0.1) is 6.92 Å². The Labute approximate surface area is 166 Å². The van der Waals surface area contributed by atoms with Gasteiger partial charge in [-0.3, -0.25) is 4.98 Å². The number of phenols is 1. The summed E-state index contributed by atoms with van der Waals surface area (Å²) in [6.45, 7) is 2.79. The summed E-state index contributed by atoms with van der Waals surface area (Å²) in [7, 11) is 0. The molecule has 1 atom stereocenters. The monoisotopic (exact) mass is 391 g/mol. The standard InChI is InChI=1S/C22H21N3O4/c1-12-2-3-14-15(10-12)20(26)18(17-16(22(27)28)11-29-21(14)17)19(25-9-6-23)13-4-7-24-8-5-13/h2-5,7-8,10-11,19,25-26H,6,9,23H2,1H3,(H,27,28). The Morgan fingerprint density at radius 3 is 2.69 bits per heavy atom. The van der Waals surface area contributed by atoms with Gasteiger partial charge in [-0.15, -0.1) is 0 Å². The number of pyridine rings is 1. The van der Waals surface area contributed by atoms with E-state index < -0.39 is 12.0 Å². The lowest BCUT2D eigenvalue weighted by Crippen LogP contribution is -2.28. The Balaban J connectivity index is 2.13. The number of fused-ring (bicyclic) bond motifs is 3. The van der Waals surface area contributed by atoms with Gasteiger partial charge in [-0.05, 0) is 30.7 Å². The predicted octanol–water partition coefficient (Wildman–Crippen LogP) is 3.33. The number of hydrogen-bond donors (Lipinski definition) is 4. The van der Waals surface area contributed by atoms with Crippen molar-refractivity contribution in [2.24, 2.45) is 5.73 Å². The molecule has 2 heterocycles. The molecule has 29 heavy (non-hydrogen) atoms. The molecule has 2 aromatic carbocycles. The van der Waals surface area contributed by atoms with Gasteiger partial charge in [0.25, 0.3) is 0 Å². The van der Waals surface area contributed by atoms with E-state index in [0.29, 0.717) is 40.4 Å². The Morgan fingerprint density at radius 1 is 1.24 bits per heavy atom. The lowest BCUT2D eigenvalue weighted by molar-refractivity contribution is 0.0698. The van der Waals surface area contributed by atoms with Gasteiger partial charge in [-0.1, -0.05) is 17.7 Å². The summed E-state index contributed by atoms with van der Waals surface area (Å²) in [5.74, 6) is -1.10. The second-order valence-electron chi connectivity index (χ2n) is 6.93. The number of rotatable bonds is 6. The van der Waals surface area contributed by atoms with Crippen LogP contribution in [0.1, 0.15) is 33.1 Å². The highest BCUT2D eigenvalue weighted by Crippen LogP contribution is 2.44. The van der Waals surface area contributed by atoms with Gasteiger partial charge in [0, 0.05) is 47.2 Å². The number of furan rings is 1. The molecule has 7 nitrogen and oxygen atoms in total. The number of aromatic hydroxyl groups is 1. The van der Waals surface area contributed by atoms with Crippen LogP contribution in [-0.4, -0.2) is 34.3 Å². The van der Waals surface area contributed by atoms with Crippen molar-refractivity contribution in [2.75, 3.05) is 13.1 Å². The molecule has 0 amide bonds. The van der Waals surface area contributed by atoms with Gasteiger partial charge in [0.05, 0.1) is 6.04 Å². The van der Waals surface area contributed by atoms with E-state index in [2.05, 4.69) is 10.3 Å². The molecule has 0 radical (unpaired) electrons. The second-order valence-corrected chi connectivity index (χ2v) is 6.93. The second kappa shape index (κ2) is 7.54. The molecule has 0 bridgehead atoms. The molecule has 148 valence electrons. The molecule has 7 heteroatoms. The molecular weight excluding hydrogens is 370 g/mol. The number of carboxylic acids is 1. The number of aryl methyl sites for hydroxylation is 1. The fourth-order valence-corrected chi connectivity index (χ4v) is 3.75. The van der Waals surface area contributed by atoms with Gasteiger partial charge in [0.15, 0.2) is 0 Å². The summed E-state index contributed by atoms with van der Waals surface area (Å²) in [6, 6.07) is 8.74. The van der Waals surface area contributed by atoms with Crippen molar-refractivity contribution >= 4 is 27.7 Å². The van der Waals surface area contributed by atoms with Crippen LogP contribution in [0.15, 0.2) is 53.4 Å². The lowest BCUT2D eigenvalue weighted by Gasteiger charge is -2.23. The van der Waals surface area contributed by atoms with Crippen LogP contribution < -0.4 is 11.1 Å². The molecule has 2 aromatic heterocycles. The zero-order valence-corrected chi connectivity index (χ0v) is 15.8. The normalized spacial score (nSPS) is 12.5. The van der Waals surface area contributed by atoms with E-state index in [-0.39, 0.29) is 11.3 Å². The SMILES string of the molecule is Cc1ccc2c(c1)c(O)c(C(NCCN)c1ccncc1)c1c(C(=O)O)coc12. The van der Waals surface area contributed by atoms with Crippen LogP contribution in [0.4, 0.5) is 0 Å². The third kappa shape index (κ3) is 3.20. The molecule has 0 aliphatic carbocycles. The number of nitrogens with zero attached hydrogens (tertiary/aromatic N) is 1. The van der Waals surface area contributed by atoms with Crippen molar-refractivity contribution in [3.05, 3.63) is 71.2 Å². The van der Waals surface area contributed by atoms with E-state index in [1.807, 2.05) is 37.3 Å².